The third-order valence-corrected chi connectivity index (χ3v) is 2.20. The highest BCUT2D eigenvalue weighted by Crippen LogP contribution is 2.31. The number of carboxylic acid groups (broad SMARTS) is 1. The molecular formula is C9H16O4. The molecule has 0 bridgehead atoms. The molecule has 13 heavy (non-hydrogen) atoms. The molecule has 76 valence electrons. The maximum absolute atomic E-state index is 10.1. The molecule has 0 aromatic rings. The normalized spacial score (nSPS) is 19.5. The van der Waals surface area contributed by atoms with Gasteiger partial charge in [0.15, 0.2) is 0 Å². The van der Waals surface area contributed by atoms with Gasteiger partial charge in [-0.25, -0.2) is 4.79 Å². The van der Waals surface area contributed by atoms with Crippen LogP contribution in [0, 0.1) is 5.41 Å². The monoisotopic (exact) mass is 188 g/mol. The van der Waals surface area contributed by atoms with E-state index in [-0.39, 0.29) is 6.61 Å². The molecule has 1 heterocycles. The average molecular weight is 188 g/mol. The zero-order chi connectivity index (χ0) is 9.73. The second kappa shape index (κ2) is 4.58. The van der Waals surface area contributed by atoms with Crippen LogP contribution in [0.3, 0.4) is 0 Å². The molecule has 1 fully saturated rings. The number of rotatable bonds is 6. The molecule has 1 rings (SSSR count). The summed E-state index contributed by atoms with van der Waals surface area (Å²) in [5.74, 6) is -0.904. The fraction of sp³-hybridized carbons (Fsp3) is 0.889. The van der Waals surface area contributed by atoms with E-state index >= 15 is 0 Å². The molecule has 4 nitrogen and oxygen atoms in total. The average Bonchev–Trinajstić information content (AvgIpc) is 2.00. The van der Waals surface area contributed by atoms with E-state index in [0.717, 1.165) is 26.1 Å². The van der Waals surface area contributed by atoms with Crippen LogP contribution in [-0.4, -0.2) is 37.5 Å². The zero-order valence-electron chi connectivity index (χ0n) is 7.91. The Morgan fingerprint density at radius 2 is 2.31 bits per heavy atom. The number of ether oxygens (including phenoxy) is 2. The Morgan fingerprint density at radius 3 is 2.77 bits per heavy atom. The van der Waals surface area contributed by atoms with Crippen molar-refractivity contribution < 1.29 is 19.4 Å². The highest BCUT2D eigenvalue weighted by Gasteiger charge is 2.32. The van der Waals surface area contributed by atoms with E-state index in [4.69, 9.17) is 14.6 Å². The highest BCUT2D eigenvalue weighted by atomic mass is 16.5. The molecule has 4 heteroatoms. The van der Waals surface area contributed by atoms with Crippen molar-refractivity contribution in [2.75, 3.05) is 26.4 Å². The van der Waals surface area contributed by atoms with Gasteiger partial charge in [0, 0.05) is 12.0 Å². The lowest BCUT2D eigenvalue weighted by atomic mass is 9.84. The molecule has 1 N–H and O–H groups in total. The summed E-state index contributed by atoms with van der Waals surface area (Å²) < 4.78 is 10.0. The minimum atomic E-state index is -0.904. The van der Waals surface area contributed by atoms with E-state index in [9.17, 15) is 4.79 Å². The highest BCUT2D eigenvalue weighted by molar-refractivity contribution is 5.67. The van der Waals surface area contributed by atoms with E-state index in [1.807, 2.05) is 0 Å². The van der Waals surface area contributed by atoms with Gasteiger partial charge in [0.05, 0.1) is 13.2 Å². The number of hydrogen-bond donors (Lipinski definition) is 1. The van der Waals surface area contributed by atoms with Crippen molar-refractivity contribution in [3.8, 4) is 0 Å². The number of carboxylic acids is 1. The van der Waals surface area contributed by atoms with Crippen molar-refractivity contribution >= 4 is 5.97 Å². The summed E-state index contributed by atoms with van der Waals surface area (Å²) in [5, 5.41) is 8.29. The smallest absolute Gasteiger partial charge is 0.329 e. The predicted octanol–water partition coefficient (Wildman–Crippen LogP) is 0.904. The van der Waals surface area contributed by atoms with Crippen molar-refractivity contribution in [2.45, 2.75) is 19.8 Å². The fourth-order valence-electron chi connectivity index (χ4n) is 1.36. The molecule has 0 amide bonds. The Labute approximate surface area is 77.8 Å². The lowest BCUT2D eigenvalue weighted by Crippen LogP contribution is -2.39. The molecule has 0 saturated carbocycles. The van der Waals surface area contributed by atoms with Gasteiger partial charge in [-0.2, -0.15) is 0 Å². The molecule has 1 aliphatic heterocycles. The van der Waals surface area contributed by atoms with Crippen molar-refractivity contribution in [3.05, 3.63) is 0 Å². The van der Waals surface area contributed by atoms with Crippen molar-refractivity contribution in [2.24, 2.45) is 5.41 Å². The molecular weight excluding hydrogens is 172 g/mol. The van der Waals surface area contributed by atoms with Gasteiger partial charge in [-0.05, 0) is 12.8 Å². The van der Waals surface area contributed by atoms with Gasteiger partial charge in [-0.3, -0.25) is 0 Å². The van der Waals surface area contributed by atoms with Crippen LogP contribution in [0.5, 0.6) is 0 Å². The maximum Gasteiger partial charge on any atom is 0.329 e. The Balaban J connectivity index is 1.92. The van der Waals surface area contributed by atoms with Crippen LogP contribution in [0.15, 0.2) is 0 Å². The van der Waals surface area contributed by atoms with Crippen LogP contribution in [-0.2, 0) is 14.3 Å². The van der Waals surface area contributed by atoms with Gasteiger partial charge < -0.3 is 14.6 Å². The molecule has 1 aliphatic rings. The molecule has 0 atom stereocenters. The van der Waals surface area contributed by atoms with Gasteiger partial charge in [0.25, 0.3) is 0 Å². The summed E-state index contributed by atoms with van der Waals surface area (Å²) in [6.45, 7) is 4.17. The van der Waals surface area contributed by atoms with Crippen LogP contribution >= 0.6 is 0 Å². The molecule has 0 spiro atoms. The van der Waals surface area contributed by atoms with Crippen LogP contribution in [0.25, 0.3) is 0 Å². The van der Waals surface area contributed by atoms with Crippen molar-refractivity contribution in [1.82, 2.24) is 0 Å². The van der Waals surface area contributed by atoms with Crippen LogP contribution < -0.4 is 0 Å². The van der Waals surface area contributed by atoms with Crippen LogP contribution in [0.1, 0.15) is 19.8 Å². The third-order valence-electron chi connectivity index (χ3n) is 2.20. The summed E-state index contributed by atoms with van der Waals surface area (Å²) in [5.41, 5.74) is 0.312. The van der Waals surface area contributed by atoms with E-state index in [1.165, 1.54) is 0 Å². The number of hydrogen-bond acceptors (Lipinski definition) is 3. The maximum atomic E-state index is 10.1. The van der Waals surface area contributed by atoms with Gasteiger partial charge in [-0.1, -0.05) is 6.92 Å². The lowest BCUT2D eigenvalue weighted by Gasteiger charge is -2.38. The summed E-state index contributed by atoms with van der Waals surface area (Å²) >= 11 is 0. The van der Waals surface area contributed by atoms with Crippen molar-refractivity contribution in [1.29, 1.82) is 0 Å². The molecule has 0 radical (unpaired) electrons. The van der Waals surface area contributed by atoms with E-state index in [2.05, 4.69) is 6.92 Å². The Morgan fingerprint density at radius 1 is 1.62 bits per heavy atom. The summed E-state index contributed by atoms with van der Waals surface area (Å²) in [7, 11) is 0. The topological polar surface area (TPSA) is 55.8 Å². The Bertz CT molecular complexity index is 174. The number of carbonyl (C=O) groups is 1. The quantitative estimate of drug-likeness (QED) is 0.629. The molecule has 1 saturated heterocycles. The lowest BCUT2D eigenvalue weighted by molar-refractivity contribution is -0.142. The minimum Gasteiger partial charge on any atom is -0.480 e. The summed E-state index contributed by atoms with van der Waals surface area (Å²) in [6, 6.07) is 0. The van der Waals surface area contributed by atoms with Gasteiger partial charge in [-0.15, -0.1) is 0 Å². The first-order chi connectivity index (χ1) is 6.12. The number of aliphatic carboxylic acids is 1. The second-order valence-corrected chi connectivity index (χ2v) is 3.85. The largest absolute Gasteiger partial charge is 0.480 e. The van der Waals surface area contributed by atoms with Gasteiger partial charge >= 0.3 is 5.97 Å². The predicted molar refractivity (Wildman–Crippen MR) is 46.6 cm³/mol. The Kier molecular flexibility index (Phi) is 3.69. The molecule has 0 aromatic carbocycles. The zero-order valence-corrected chi connectivity index (χ0v) is 7.91. The Hall–Kier alpha value is -0.610. The van der Waals surface area contributed by atoms with E-state index in [1.54, 1.807) is 0 Å². The van der Waals surface area contributed by atoms with Gasteiger partial charge in [0.2, 0.25) is 0 Å². The standard InChI is InChI=1S/C9H16O4/c1-9(6-13-7-9)3-2-4-12-5-8(10)11/h2-7H2,1H3,(H,10,11). The molecule has 0 aliphatic carbocycles. The van der Waals surface area contributed by atoms with E-state index < -0.39 is 5.97 Å². The third kappa shape index (κ3) is 3.74. The van der Waals surface area contributed by atoms with Crippen molar-refractivity contribution in [3.63, 3.8) is 0 Å². The van der Waals surface area contributed by atoms with E-state index in [0.29, 0.717) is 12.0 Å². The molecule has 0 aromatic heterocycles. The second-order valence-electron chi connectivity index (χ2n) is 3.85. The van der Waals surface area contributed by atoms with Crippen LogP contribution in [0.4, 0.5) is 0 Å². The fourth-order valence-corrected chi connectivity index (χ4v) is 1.36. The minimum absolute atomic E-state index is 0.187. The first kappa shape index (κ1) is 10.5. The summed E-state index contributed by atoms with van der Waals surface area (Å²) in [4.78, 5) is 10.1. The SMILES string of the molecule is CC1(CCCOCC(=O)O)COC1. The van der Waals surface area contributed by atoms with Gasteiger partial charge in [0.1, 0.15) is 6.61 Å². The first-order valence-electron chi connectivity index (χ1n) is 4.50. The molecule has 0 unspecified atom stereocenters. The first-order valence-corrected chi connectivity index (χ1v) is 4.50. The summed E-state index contributed by atoms with van der Waals surface area (Å²) in [6.07, 6.45) is 1.96. The van der Waals surface area contributed by atoms with Crippen LogP contribution in [0.2, 0.25) is 0 Å².